The molecule has 1 spiro atoms. The lowest BCUT2D eigenvalue weighted by Gasteiger charge is -2.37. The summed E-state index contributed by atoms with van der Waals surface area (Å²) in [6, 6.07) is 3.20. The van der Waals surface area contributed by atoms with Gasteiger partial charge in [0.1, 0.15) is 5.57 Å². The average Bonchev–Trinajstić information content (AvgIpc) is 2.87. The molecule has 0 unspecified atom stereocenters. The Balaban J connectivity index is 2.12. The Morgan fingerprint density at radius 1 is 1.29 bits per heavy atom. The smallest absolute Gasteiger partial charge is 0.447 e. The zero-order chi connectivity index (χ0) is 20.5. The van der Waals surface area contributed by atoms with Crippen LogP contribution in [0.1, 0.15) is 25.3 Å². The molecule has 0 atom stereocenters. The van der Waals surface area contributed by atoms with E-state index in [1.807, 2.05) is 0 Å². The number of esters is 1. The van der Waals surface area contributed by atoms with Gasteiger partial charge < -0.3 is 19.0 Å². The molecule has 3 rings (SSSR count). The topological polar surface area (TPSA) is 74.3 Å². The fourth-order valence-electron chi connectivity index (χ4n) is 3.33. The Hall–Kier alpha value is -1.32. The maximum absolute atomic E-state index is 12.9. The molecule has 1 fully saturated rings. The third-order valence-electron chi connectivity index (χ3n) is 4.63. The van der Waals surface area contributed by atoms with E-state index in [1.165, 1.54) is 0 Å². The predicted molar refractivity (Wildman–Crippen MR) is 106 cm³/mol. The van der Waals surface area contributed by atoms with Crippen molar-refractivity contribution in [2.24, 2.45) is 0 Å². The van der Waals surface area contributed by atoms with Crippen LogP contribution < -0.4 is 0 Å². The number of rotatable bonds is 4. The lowest BCUT2D eigenvalue weighted by atomic mass is 9.88. The lowest BCUT2D eigenvalue weighted by molar-refractivity contribution is -0.183. The van der Waals surface area contributed by atoms with Gasteiger partial charge in [-0.3, -0.25) is 0 Å². The number of carbonyl (C=O) groups is 2. The second-order valence-electron chi connectivity index (χ2n) is 6.23. The average molecular weight is 495 g/mol. The molecule has 1 saturated heterocycles. The van der Waals surface area contributed by atoms with Crippen molar-refractivity contribution in [3.05, 3.63) is 38.0 Å². The van der Waals surface area contributed by atoms with Gasteiger partial charge in [-0.05, 0) is 19.1 Å². The molecule has 10 heteroatoms. The Labute approximate surface area is 180 Å². The van der Waals surface area contributed by atoms with Gasteiger partial charge in [0.05, 0.1) is 23.8 Å². The molecule has 0 bridgehead atoms. The zero-order valence-electron chi connectivity index (χ0n) is 15.2. The number of nitrogens with zero attached hydrogens (tertiary/aromatic N) is 1. The number of hydroxylamine groups is 2. The van der Waals surface area contributed by atoms with Crippen LogP contribution in [-0.4, -0.2) is 49.6 Å². The van der Waals surface area contributed by atoms with Crippen LogP contribution in [0, 0.1) is 0 Å². The van der Waals surface area contributed by atoms with Crippen LogP contribution in [0.5, 0.6) is 0 Å². The van der Waals surface area contributed by atoms with E-state index in [-0.39, 0.29) is 33.5 Å². The van der Waals surface area contributed by atoms with Gasteiger partial charge in [0.15, 0.2) is 11.4 Å². The molecule has 2 aliphatic heterocycles. The molecule has 0 saturated carbocycles. The quantitative estimate of drug-likeness (QED) is 0.566. The van der Waals surface area contributed by atoms with Gasteiger partial charge in [0.2, 0.25) is 0 Å². The van der Waals surface area contributed by atoms with Crippen LogP contribution in [-0.2, 0) is 23.8 Å². The van der Waals surface area contributed by atoms with E-state index >= 15 is 0 Å². The Bertz CT molecular complexity index is 812. The van der Waals surface area contributed by atoms with Crippen molar-refractivity contribution in [3.63, 3.8) is 0 Å². The Morgan fingerprint density at radius 3 is 2.43 bits per heavy atom. The van der Waals surface area contributed by atoms with Crippen LogP contribution in [0.4, 0.5) is 4.79 Å². The molecule has 0 aliphatic carbocycles. The second kappa shape index (κ2) is 8.59. The van der Waals surface area contributed by atoms with Crippen molar-refractivity contribution in [2.45, 2.75) is 25.4 Å². The van der Waals surface area contributed by atoms with Crippen molar-refractivity contribution < 1.29 is 28.6 Å². The maximum Gasteiger partial charge on any atom is 0.513 e. The summed E-state index contributed by atoms with van der Waals surface area (Å²) in [5.41, 5.74) is -0.836. The van der Waals surface area contributed by atoms with Crippen molar-refractivity contribution in [2.75, 3.05) is 26.8 Å². The highest BCUT2D eigenvalue weighted by Gasteiger charge is 2.53. The molecule has 7 nitrogen and oxygen atoms in total. The first-order valence-electron chi connectivity index (χ1n) is 8.58. The van der Waals surface area contributed by atoms with E-state index in [0.717, 1.165) is 0 Å². The molecule has 0 radical (unpaired) electrons. The standard InChI is InChI=1S/C18H18BrCl2NO6/c1-3-26-17(24)27-15-14(13-11(20)8-10(19)9-12(13)21)16(23)28-18(15)4-6-22(25-2)7-5-18/h8-9H,3-7H2,1-2H3. The van der Waals surface area contributed by atoms with Crippen LogP contribution in [0.15, 0.2) is 22.4 Å². The first-order chi connectivity index (χ1) is 13.3. The van der Waals surface area contributed by atoms with Crippen LogP contribution in [0.3, 0.4) is 0 Å². The number of benzene rings is 1. The van der Waals surface area contributed by atoms with Gasteiger partial charge in [-0.15, -0.1) is 0 Å². The summed E-state index contributed by atoms with van der Waals surface area (Å²) in [4.78, 5) is 30.2. The molecular weight excluding hydrogens is 477 g/mol. The molecule has 152 valence electrons. The Morgan fingerprint density at radius 2 is 1.89 bits per heavy atom. The van der Waals surface area contributed by atoms with Crippen LogP contribution in [0.25, 0.3) is 5.57 Å². The van der Waals surface area contributed by atoms with Gasteiger partial charge >= 0.3 is 12.1 Å². The van der Waals surface area contributed by atoms with Gasteiger partial charge in [0.25, 0.3) is 0 Å². The van der Waals surface area contributed by atoms with Crippen molar-refractivity contribution >= 4 is 56.8 Å². The van der Waals surface area contributed by atoms with E-state index < -0.39 is 17.7 Å². The highest BCUT2D eigenvalue weighted by Crippen LogP contribution is 2.48. The predicted octanol–water partition coefficient (Wildman–Crippen LogP) is 4.59. The fourth-order valence-corrected chi connectivity index (χ4v) is 4.72. The van der Waals surface area contributed by atoms with Gasteiger partial charge in [-0.25, -0.2) is 9.59 Å². The highest BCUT2D eigenvalue weighted by molar-refractivity contribution is 9.10. The Kier molecular flexibility index (Phi) is 6.56. The number of carbonyl (C=O) groups excluding carboxylic acids is 2. The number of hydrogen-bond acceptors (Lipinski definition) is 7. The third kappa shape index (κ3) is 4.02. The van der Waals surface area contributed by atoms with Crippen molar-refractivity contribution in [1.29, 1.82) is 0 Å². The van der Waals surface area contributed by atoms with Crippen LogP contribution >= 0.6 is 39.1 Å². The molecule has 28 heavy (non-hydrogen) atoms. The molecule has 0 N–H and O–H groups in total. The molecular formula is C18H18BrCl2NO6. The van der Waals surface area contributed by atoms with Gasteiger partial charge in [-0.1, -0.05) is 39.1 Å². The van der Waals surface area contributed by atoms with Gasteiger partial charge in [0, 0.05) is 36.0 Å². The minimum atomic E-state index is -1.12. The summed E-state index contributed by atoms with van der Waals surface area (Å²) in [5, 5.41) is 2.18. The summed E-state index contributed by atoms with van der Waals surface area (Å²) >= 11 is 16.0. The molecule has 1 aromatic carbocycles. The largest absolute Gasteiger partial charge is 0.513 e. The molecule has 2 heterocycles. The minimum absolute atomic E-state index is 0.0291. The monoisotopic (exact) mass is 493 g/mol. The summed E-state index contributed by atoms with van der Waals surface area (Å²) in [7, 11) is 1.57. The summed E-state index contributed by atoms with van der Waals surface area (Å²) in [5.74, 6) is -0.589. The fraction of sp³-hybridized carbons (Fsp3) is 0.444. The maximum atomic E-state index is 12.9. The van der Waals surface area contributed by atoms with Crippen molar-refractivity contribution in [1.82, 2.24) is 5.06 Å². The number of ether oxygens (including phenoxy) is 3. The first-order valence-corrected chi connectivity index (χ1v) is 10.1. The van der Waals surface area contributed by atoms with E-state index in [1.54, 1.807) is 31.2 Å². The van der Waals surface area contributed by atoms with E-state index in [2.05, 4.69) is 15.9 Å². The van der Waals surface area contributed by atoms with Crippen molar-refractivity contribution in [3.8, 4) is 0 Å². The summed E-state index contributed by atoms with van der Waals surface area (Å²) in [6.45, 7) is 2.74. The number of hydrogen-bond donors (Lipinski definition) is 0. The minimum Gasteiger partial charge on any atom is -0.447 e. The molecule has 1 aromatic rings. The number of halogens is 3. The zero-order valence-corrected chi connectivity index (χ0v) is 18.3. The second-order valence-corrected chi connectivity index (χ2v) is 7.96. The molecule has 2 aliphatic rings. The third-order valence-corrected chi connectivity index (χ3v) is 5.68. The van der Waals surface area contributed by atoms with Crippen LogP contribution in [0.2, 0.25) is 10.0 Å². The normalized spacial score (nSPS) is 19.1. The van der Waals surface area contributed by atoms with E-state index in [4.69, 9.17) is 42.3 Å². The highest BCUT2D eigenvalue weighted by atomic mass is 79.9. The SMILES string of the molecule is CCOC(=O)OC1=C(c2c(Cl)cc(Br)cc2Cl)C(=O)OC12CCN(OC)CC2. The number of piperidine rings is 1. The van der Waals surface area contributed by atoms with E-state index in [0.29, 0.717) is 30.4 Å². The summed E-state index contributed by atoms with van der Waals surface area (Å²) in [6.07, 6.45) is -0.182. The molecule has 0 amide bonds. The first kappa shape index (κ1) is 21.4. The lowest BCUT2D eigenvalue weighted by Crippen LogP contribution is -2.46. The van der Waals surface area contributed by atoms with E-state index in [9.17, 15) is 9.59 Å². The summed E-state index contributed by atoms with van der Waals surface area (Å²) < 4.78 is 16.8. The van der Waals surface area contributed by atoms with Gasteiger partial charge in [-0.2, -0.15) is 5.06 Å². The molecule has 0 aromatic heterocycles.